The smallest absolute Gasteiger partial charge is 0.351 e. The number of nitrogens with zero attached hydrogens (tertiary/aromatic N) is 2. The summed E-state index contributed by atoms with van der Waals surface area (Å²) in [5.74, 6) is -1.11. The topological polar surface area (TPSA) is 116 Å². The lowest BCUT2D eigenvalue weighted by Crippen LogP contribution is -2.20. The Kier molecular flexibility index (Phi) is 7.76. The molecule has 1 N–H and O–H groups in total. The van der Waals surface area contributed by atoms with Crippen molar-refractivity contribution in [1.29, 1.82) is 0 Å². The SMILES string of the molecule is COC(=O)/C=C1/S/C(=N\N=Cc2ccc(OC(C(=O)OC)c3ccccc3)cc2)NC1=O. The highest BCUT2D eigenvalue weighted by atomic mass is 32.2. The zero-order valence-electron chi connectivity index (χ0n) is 17.2. The number of hydrogen-bond acceptors (Lipinski definition) is 9. The van der Waals surface area contributed by atoms with Crippen molar-refractivity contribution >= 4 is 41.0 Å². The first-order chi connectivity index (χ1) is 15.5. The zero-order valence-corrected chi connectivity index (χ0v) is 18.0. The molecule has 0 radical (unpaired) electrons. The Bertz CT molecular complexity index is 1080. The quantitative estimate of drug-likeness (QED) is 0.296. The number of amidine groups is 1. The first-order valence-electron chi connectivity index (χ1n) is 9.29. The molecule has 9 nitrogen and oxygen atoms in total. The highest BCUT2D eigenvalue weighted by Gasteiger charge is 2.25. The van der Waals surface area contributed by atoms with E-state index in [0.717, 1.165) is 23.4 Å². The van der Waals surface area contributed by atoms with Crippen molar-refractivity contribution in [3.8, 4) is 5.75 Å². The monoisotopic (exact) mass is 453 g/mol. The maximum atomic E-state index is 12.1. The third-order valence-corrected chi connectivity index (χ3v) is 5.01. The molecule has 3 rings (SSSR count). The van der Waals surface area contributed by atoms with Crippen LogP contribution in [0.1, 0.15) is 17.2 Å². The van der Waals surface area contributed by atoms with E-state index in [9.17, 15) is 14.4 Å². The maximum Gasteiger partial charge on any atom is 0.351 e. The van der Waals surface area contributed by atoms with Crippen molar-refractivity contribution < 1.29 is 28.6 Å². The van der Waals surface area contributed by atoms with Crippen molar-refractivity contribution in [3.63, 3.8) is 0 Å². The van der Waals surface area contributed by atoms with Crippen LogP contribution in [0, 0.1) is 0 Å². The molecule has 164 valence electrons. The summed E-state index contributed by atoms with van der Waals surface area (Å²) in [5.41, 5.74) is 1.40. The van der Waals surface area contributed by atoms with Crippen LogP contribution in [-0.2, 0) is 23.9 Å². The van der Waals surface area contributed by atoms with E-state index in [-0.39, 0.29) is 10.1 Å². The van der Waals surface area contributed by atoms with Gasteiger partial charge in [0, 0.05) is 11.6 Å². The highest BCUT2D eigenvalue weighted by molar-refractivity contribution is 8.18. The lowest BCUT2D eigenvalue weighted by Gasteiger charge is -2.17. The minimum Gasteiger partial charge on any atom is -0.474 e. The molecule has 32 heavy (non-hydrogen) atoms. The molecule has 0 aromatic heterocycles. The molecule has 1 heterocycles. The second-order valence-electron chi connectivity index (χ2n) is 6.24. The Morgan fingerprint density at radius 2 is 1.75 bits per heavy atom. The van der Waals surface area contributed by atoms with E-state index in [0.29, 0.717) is 11.3 Å². The van der Waals surface area contributed by atoms with Crippen molar-refractivity contribution in [2.45, 2.75) is 6.10 Å². The molecule has 1 aliphatic heterocycles. The molecule has 1 aliphatic rings. The van der Waals surface area contributed by atoms with E-state index in [4.69, 9.17) is 9.47 Å². The fourth-order valence-electron chi connectivity index (χ4n) is 2.54. The number of carbonyl (C=O) groups is 3. The van der Waals surface area contributed by atoms with Gasteiger partial charge >= 0.3 is 11.9 Å². The largest absolute Gasteiger partial charge is 0.474 e. The number of benzene rings is 2. The molecule has 0 aliphatic carbocycles. The lowest BCUT2D eigenvalue weighted by molar-refractivity contribution is -0.149. The van der Waals surface area contributed by atoms with Gasteiger partial charge in [-0.2, -0.15) is 5.10 Å². The molecule has 1 fully saturated rings. The second kappa shape index (κ2) is 10.9. The van der Waals surface area contributed by atoms with Gasteiger partial charge in [-0.25, -0.2) is 9.59 Å². The van der Waals surface area contributed by atoms with Gasteiger partial charge in [-0.05, 0) is 41.6 Å². The van der Waals surface area contributed by atoms with Crippen molar-refractivity contribution in [2.75, 3.05) is 14.2 Å². The van der Waals surface area contributed by atoms with Crippen molar-refractivity contribution in [3.05, 3.63) is 76.7 Å². The number of ether oxygens (including phenoxy) is 3. The average molecular weight is 453 g/mol. The number of nitrogens with one attached hydrogen (secondary N) is 1. The van der Waals surface area contributed by atoms with Gasteiger partial charge in [-0.15, -0.1) is 5.10 Å². The average Bonchev–Trinajstić information content (AvgIpc) is 3.17. The van der Waals surface area contributed by atoms with Crippen LogP contribution in [0.5, 0.6) is 5.75 Å². The normalized spacial score (nSPS) is 16.8. The zero-order chi connectivity index (χ0) is 22.9. The first-order valence-corrected chi connectivity index (χ1v) is 10.1. The number of esters is 2. The molecule has 0 saturated carbocycles. The summed E-state index contributed by atoms with van der Waals surface area (Å²) in [6, 6.07) is 15.9. The van der Waals surface area contributed by atoms with Crippen LogP contribution < -0.4 is 10.1 Å². The number of amides is 1. The number of methoxy groups -OCH3 is 2. The van der Waals surface area contributed by atoms with Gasteiger partial charge in [0.25, 0.3) is 5.91 Å². The Morgan fingerprint density at radius 1 is 1.03 bits per heavy atom. The van der Waals surface area contributed by atoms with Gasteiger partial charge in [0.05, 0.1) is 25.3 Å². The summed E-state index contributed by atoms with van der Waals surface area (Å²) in [5, 5.41) is 10.6. The molecule has 10 heteroatoms. The summed E-state index contributed by atoms with van der Waals surface area (Å²) < 4.78 is 15.2. The number of hydrogen-bond donors (Lipinski definition) is 1. The summed E-state index contributed by atoms with van der Waals surface area (Å²) in [4.78, 5) is 35.3. The minimum atomic E-state index is -0.887. The molecule has 1 amide bonds. The Morgan fingerprint density at radius 3 is 2.41 bits per heavy atom. The van der Waals surface area contributed by atoms with Crippen LogP contribution >= 0.6 is 11.8 Å². The lowest BCUT2D eigenvalue weighted by atomic mass is 10.1. The Balaban J connectivity index is 1.64. The fraction of sp³-hybridized carbons (Fsp3) is 0.136. The van der Waals surface area contributed by atoms with E-state index in [1.807, 2.05) is 18.2 Å². The molecule has 0 bridgehead atoms. The Labute approximate surface area is 188 Å². The first kappa shape index (κ1) is 22.8. The van der Waals surface area contributed by atoms with E-state index >= 15 is 0 Å². The van der Waals surface area contributed by atoms with E-state index in [1.54, 1.807) is 36.4 Å². The van der Waals surface area contributed by atoms with E-state index < -0.39 is 23.9 Å². The van der Waals surface area contributed by atoms with Gasteiger partial charge in [0.1, 0.15) is 5.75 Å². The van der Waals surface area contributed by atoms with Gasteiger partial charge in [-0.3, -0.25) is 10.1 Å². The van der Waals surface area contributed by atoms with Crippen LogP contribution in [-0.4, -0.2) is 43.4 Å². The van der Waals surface area contributed by atoms with Gasteiger partial charge in [0.15, 0.2) is 5.17 Å². The molecule has 0 spiro atoms. The minimum absolute atomic E-state index is 0.172. The van der Waals surface area contributed by atoms with Crippen LogP contribution in [0.25, 0.3) is 0 Å². The van der Waals surface area contributed by atoms with E-state index in [2.05, 4.69) is 20.3 Å². The highest BCUT2D eigenvalue weighted by Crippen LogP contribution is 2.24. The molecular weight excluding hydrogens is 434 g/mol. The Hall–Kier alpha value is -3.92. The van der Waals surface area contributed by atoms with Gasteiger partial charge < -0.3 is 14.2 Å². The molecule has 2 aromatic carbocycles. The van der Waals surface area contributed by atoms with Crippen LogP contribution in [0.4, 0.5) is 0 Å². The van der Waals surface area contributed by atoms with Crippen LogP contribution in [0.3, 0.4) is 0 Å². The standard InChI is InChI=1S/C22H19N3O6S/c1-29-18(26)12-17-20(27)24-22(32-17)25-23-13-14-8-10-16(11-9-14)31-19(21(28)30-2)15-6-4-3-5-7-15/h3-13,19H,1-2H3,(H,24,25,27)/b17-12+,23-13?. The van der Waals surface area contributed by atoms with Gasteiger partial charge in [0.2, 0.25) is 6.10 Å². The fourth-order valence-corrected chi connectivity index (χ4v) is 3.28. The maximum absolute atomic E-state index is 12.1. The van der Waals surface area contributed by atoms with Crippen LogP contribution in [0.15, 0.2) is 75.8 Å². The van der Waals surface area contributed by atoms with Gasteiger partial charge in [-0.1, -0.05) is 30.3 Å². The van der Waals surface area contributed by atoms with Crippen molar-refractivity contribution in [1.82, 2.24) is 5.32 Å². The summed E-state index contributed by atoms with van der Waals surface area (Å²) in [6.45, 7) is 0. The molecule has 2 aromatic rings. The molecular formula is C22H19N3O6S. The van der Waals surface area contributed by atoms with E-state index in [1.165, 1.54) is 20.4 Å². The second-order valence-corrected chi connectivity index (χ2v) is 7.27. The van der Waals surface area contributed by atoms with Crippen molar-refractivity contribution in [2.24, 2.45) is 10.2 Å². The number of carbonyl (C=O) groups excluding carboxylic acids is 3. The summed E-state index contributed by atoms with van der Waals surface area (Å²) in [6.07, 6.45) is 1.69. The summed E-state index contributed by atoms with van der Waals surface area (Å²) in [7, 11) is 2.53. The predicted molar refractivity (Wildman–Crippen MR) is 119 cm³/mol. The predicted octanol–water partition coefficient (Wildman–Crippen LogP) is 2.59. The third kappa shape index (κ3) is 6.05. The number of rotatable bonds is 7. The molecule has 1 saturated heterocycles. The third-order valence-electron chi connectivity index (χ3n) is 4.11. The molecule has 1 atom stereocenters. The number of thioether (sulfide) groups is 1. The summed E-state index contributed by atoms with van der Waals surface area (Å²) >= 11 is 0.982. The van der Waals surface area contributed by atoms with Crippen LogP contribution in [0.2, 0.25) is 0 Å². The molecule has 1 unspecified atom stereocenters.